The minimum absolute atomic E-state index is 0.301. The first-order valence-electron chi connectivity index (χ1n) is 7.05. The van der Waals surface area contributed by atoms with Crippen molar-refractivity contribution in [1.82, 2.24) is 9.97 Å². The van der Waals surface area contributed by atoms with Crippen LogP contribution in [0.3, 0.4) is 0 Å². The molecule has 1 fully saturated rings. The summed E-state index contributed by atoms with van der Waals surface area (Å²) in [5.74, 6) is 3.43. The number of thiophene rings is 1. The average Bonchev–Trinajstić information content (AvgIpc) is 3.23. The Hall–Kier alpha value is -2.13. The van der Waals surface area contributed by atoms with Gasteiger partial charge < -0.3 is 9.32 Å². The topological polar surface area (TPSA) is 85.3 Å². The van der Waals surface area contributed by atoms with Gasteiger partial charge in [0.1, 0.15) is 4.92 Å². The Labute approximate surface area is 139 Å². The van der Waals surface area contributed by atoms with Crippen LogP contribution in [0.4, 0.5) is 11.7 Å². The Balaban J connectivity index is 1.82. The fourth-order valence-electron chi connectivity index (χ4n) is 2.49. The highest BCUT2D eigenvalue weighted by molar-refractivity contribution is 7.99. The van der Waals surface area contributed by atoms with Gasteiger partial charge in [-0.2, -0.15) is 11.8 Å². The van der Waals surface area contributed by atoms with Gasteiger partial charge in [0.25, 0.3) is 0 Å². The van der Waals surface area contributed by atoms with Crippen LogP contribution in [0.25, 0.3) is 21.8 Å². The summed E-state index contributed by atoms with van der Waals surface area (Å²) >= 11 is 3.54. The number of nitro groups is 1. The van der Waals surface area contributed by atoms with Crippen molar-refractivity contribution in [3.8, 4) is 11.6 Å². The fourth-order valence-corrected chi connectivity index (χ4v) is 4.24. The predicted octanol–water partition coefficient (Wildman–Crippen LogP) is 3.41. The van der Waals surface area contributed by atoms with E-state index in [-0.39, 0.29) is 5.88 Å². The molecule has 0 radical (unpaired) electrons. The number of fused-ring (bicyclic) bond motifs is 1. The summed E-state index contributed by atoms with van der Waals surface area (Å²) in [4.78, 5) is 21.6. The highest BCUT2D eigenvalue weighted by Crippen LogP contribution is 2.33. The van der Waals surface area contributed by atoms with Crippen molar-refractivity contribution in [1.29, 1.82) is 0 Å². The van der Waals surface area contributed by atoms with Gasteiger partial charge in [-0.3, -0.25) is 10.1 Å². The second-order valence-corrected chi connectivity index (χ2v) is 7.14. The Morgan fingerprint density at radius 1 is 1.22 bits per heavy atom. The molecule has 23 heavy (non-hydrogen) atoms. The smallest absolute Gasteiger partial charge is 0.397 e. The first-order valence-corrected chi connectivity index (χ1v) is 9.08. The third-order valence-corrected chi connectivity index (χ3v) is 5.43. The van der Waals surface area contributed by atoms with Crippen LogP contribution in [0.5, 0.6) is 0 Å². The molecule has 0 spiro atoms. The summed E-state index contributed by atoms with van der Waals surface area (Å²) in [5.41, 5.74) is 0.840. The molecule has 1 aliphatic rings. The maximum absolute atomic E-state index is 10.8. The minimum atomic E-state index is -0.560. The molecule has 0 saturated carbocycles. The third-order valence-electron chi connectivity index (χ3n) is 3.59. The van der Waals surface area contributed by atoms with E-state index in [4.69, 9.17) is 4.42 Å². The summed E-state index contributed by atoms with van der Waals surface area (Å²) in [6, 6.07) is 4.81. The molecule has 4 heterocycles. The molecule has 0 unspecified atom stereocenters. The van der Waals surface area contributed by atoms with Crippen LogP contribution >= 0.6 is 23.1 Å². The van der Waals surface area contributed by atoms with Gasteiger partial charge in [0.15, 0.2) is 17.4 Å². The zero-order valence-corrected chi connectivity index (χ0v) is 13.6. The second kappa shape index (κ2) is 5.82. The van der Waals surface area contributed by atoms with Gasteiger partial charge >= 0.3 is 5.88 Å². The van der Waals surface area contributed by atoms with E-state index < -0.39 is 4.92 Å². The van der Waals surface area contributed by atoms with Gasteiger partial charge in [0, 0.05) is 24.6 Å². The van der Waals surface area contributed by atoms with Gasteiger partial charge in [-0.25, -0.2) is 9.97 Å². The van der Waals surface area contributed by atoms with Crippen LogP contribution in [0.15, 0.2) is 28.0 Å². The number of rotatable bonds is 3. The van der Waals surface area contributed by atoms with Crippen LogP contribution in [-0.2, 0) is 0 Å². The van der Waals surface area contributed by atoms with Crippen LogP contribution in [0, 0.1) is 10.1 Å². The quantitative estimate of drug-likeness (QED) is 0.529. The molecule has 0 N–H and O–H groups in total. The van der Waals surface area contributed by atoms with Gasteiger partial charge in [-0.1, -0.05) is 0 Å². The molecular weight excluding hydrogens is 336 g/mol. The van der Waals surface area contributed by atoms with Crippen molar-refractivity contribution in [2.45, 2.75) is 0 Å². The highest BCUT2D eigenvalue weighted by atomic mass is 32.2. The Kier molecular flexibility index (Phi) is 3.66. The van der Waals surface area contributed by atoms with Crippen molar-refractivity contribution in [2.75, 3.05) is 29.5 Å². The number of hydrogen-bond acceptors (Lipinski definition) is 8. The third kappa shape index (κ3) is 2.66. The molecule has 0 atom stereocenters. The lowest BCUT2D eigenvalue weighted by atomic mass is 10.3. The lowest BCUT2D eigenvalue weighted by Crippen LogP contribution is -2.33. The molecule has 7 nitrogen and oxygen atoms in total. The molecule has 9 heteroatoms. The van der Waals surface area contributed by atoms with Crippen LogP contribution < -0.4 is 4.90 Å². The summed E-state index contributed by atoms with van der Waals surface area (Å²) in [7, 11) is 0. The van der Waals surface area contributed by atoms with E-state index in [2.05, 4.69) is 14.9 Å². The summed E-state index contributed by atoms with van der Waals surface area (Å²) < 4.78 is 6.30. The number of furan rings is 1. The Bertz CT molecular complexity index is 870. The van der Waals surface area contributed by atoms with Gasteiger partial charge in [-0.15, -0.1) is 11.3 Å². The maximum Gasteiger partial charge on any atom is 0.433 e. The van der Waals surface area contributed by atoms with E-state index in [0.29, 0.717) is 11.6 Å². The number of anilines is 1. The SMILES string of the molecule is O=[N+]([O-])c1ccc(-c2nc(N3CCSCC3)c3sccc3n2)o1. The van der Waals surface area contributed by atoms with E-state index in [0.717, 1.165) is 40.6 Å². The van der Waals surface area contributed by atoms with Crippen molar-refractivity contribution in [2.24, 2.45) is 0 Å². The summed E-state index contributed by atoms with van der Waals surface area (Å²) in [6.07, 6.45) is 0. The number of hydrogen-bond donors (Lipinski definition) is 0. The highest BCUT2D eigenvalue weighted by Gasteiger charge is 2.21. The van der Waals surface area contributed by atoms with Crippen LogP contribution in [0.2, 0.25) is 0 Å². The standard InChI is InChI=1S/C14H12N4O3S2/c19-18(20)11-2-1-10(21-11)13-15-9-3-6-23-12(9)14(16-13)17-4-7-22-8-5-17/h1-3,6H,4-5,7-8H2. The number of aromatic nitrogens is 2. The van der Waals surface area contributed by atoms with Crippen LogP contribution in [0.1, 0.15) is 0 Å². The first kappa shape index (κ1) is 14.5. The zero-order valence-electron chi connectivity index (χ0n) is 12.0. The van der Waals surface area contributed by atoms with Gasteiger partial charge in [0.2, 0.25) is 0 Å². The lowest BCUT2D eigenvalue weighted by Gasteiger charge is -2.27. The van der Waals surface area contributed by atoms with Gasteiger partial charge in [-0.05, 0) is 17.5 Å². The molecule has 3 aromatic rings. The van der Waals surface area contributed by atoms with E-state index in [9.17, 15) is 10.1 Å². The van der Waals surface area contributed by atoms with Crippen molar-refractivity contribution < 1.29 is 9.34 Å². The largest absolute Gasteiger partial charge is 0.433 e. The number of nitrogens with zero attached hydrogens (tertiary/aromatic N) is 4. The van der Waals surface area contributed by atoms with E-state index in [1.807, 2.05) is 23.2 Å². The molecular formula is C14H12N4O3S2. The summed E-state index contributed by atoms with van der Waals surface area (Å²) in [5, 5.41) is 12.8. The molecule has 0 amide bonds. The van der Waals surface area contributed by atoms with Crippen molar-refractivity contribution in [3.05, 3.63) is 33.7 Å². The fraction of sp³-hybridized carbons (Fsp3) is 0.286. The molecule has 1 saturated heterocycles. The predicted molar refractivity (Wildman–Crippen MR) is 91.3 cm³/mol. The maximum atomic E-state index is 10.8. The zero-order chi connectivity index (χ0) is 15.8. The average molecular weight is 348 g/mol. The molecule has 0 bridgehead atoms. The lowest BCUT2D eigenvalue weighted by molar-refractivity contribution is -0.401. The minimum Gasteiger partial charge on any atom is -0.397 e. The van der Waals surface area contributed by atoms with E-state index >= 15 is 0 Å². The normalized spacial score (nSPS) is 15.2. The first-order chi connectivity index (χ1) is 11.2. The Morgan fingerprint density at radius 3 is 2.78 bits per heavy atom. The van der Waals surface area contributed by atoms with Crippen LogP contribution in [-0.4, -0.2) is 39.5 Å². The molecule has 3 aromatic heterocycles. The van der Waals surface area contributed by atoms with Crippen molar-refractivity contribution >= 4 is 45.0 Å². The monoisotopic (exact) mass is 348 g/mol. The second-order valence-electron chi connectivity index (χ2n) is 5.00. The van der Waals surface area contributed by atoms with E-state index in [1.165, 1.54) is 6.07 Å². The molecule has 0 aliphatic carbocycles. The number of thioether (sulfide) groups is 1. The molecule has 0 aromatic carbocycles. The summed E-state index contributed by atoms with van der Waals surface area (Å²) in [6.45, 7) is 1.87. The molecule has 1 aliphatic heterocycles. The van der Waals surface area contributed by atoms with Crippen molar-refractivity contribution in [3.63, 3.8) is 0 Å². The van der Waals surface area contributed by atoms with Gasteiger partial charge in [0.05, 0.1) is 16.3 Å². The molecule has 4 rings (SSSR count). The Morgan fingerprint density at radius 2 is 2.04 bits per heavy atom. The molecule has 118 valence electrons. The van der Waals surface area contributed by atoms with E-state index in [1.54, 1.807) is 17.4 Å².